The Bertz CT molecular complexity index is 158. The van der Waals surface area contributed by atoms with E-state index in [0.29, 0.717) is 13.0 Å². The molecular formula is C7H11F2N. The standard InChI is InChI=1S/C7H11F2N/c8-7(9)5-2-1-4(3-10)6(5)7/h4-6H,1-3,10H2. The second-order valence-corrected chi connectivity index (χ2v) is 3.38. The van der Waals surface area contributed by atoms with Crippen LogP contribution in [0.1, 0.15) is 12.8 Å². The van der Waals surface area contributed by atoms with Crippen LogP contribution in [0.25, 0.3) is 0 Å². The maximum absolute atomic E-state index is 12.6. The van der Waals surface area contributed by atoms with E-state index >= 15 is 0 Å². The SMILES string of the molecule is NCC1CCC2C1C2(F)F. The third-order valence-corrected chi connectivity index (χ3v) is 2.92. The largest absolute Gasteiger partial charge is 0.330 e. The first kappa shape index (κ1) is 6.53. The second-order valence-electron chi connectivity index (χ2n) is 3.38. The molecule has 3 atom stereocenters. The van der Waals surface area contributed by atoms with Crippen LogP contribution in [0.15, 0.2) is 0 Å². The Kier molecular flexibility index (Phi) is 1.11. The van der Waals surface area contributed by atoms with Crippen molar-refractivity contribution in [3.05, 3.63) is 0 Å². The summed E-state index contributed by atoms with van der Waals surface area (Å²) in [5, 5.41) is 0. The van der Waals surface area contributed by atoms with E-state index in [2.05, 4.69) is 0 Å². The Morgan fingerprint density at radius 3 is 2.40 bits per heavy atom. The molecule has 0 saturated heterocycles. The molecule has 0 aliphatic heterocycles. The molecule has 0 aromatic carbocycles. The summed E-state index contributed by atoms with van der Waals surface area (Å²) in [6.07, 6.45) is 1.61. The Hall–Kier alpha value is -0.180. The van der Waals surface area contributed by atoms with Crippen molar-refractivity contribution in [2.24, 2.45) is 23.5 Å². The molecule has 2 N–H and O–H groups in total. The van der Waals surface area contributed by atoms with Gasteiger partial charge in [-0.3, -0.25) is 0 Å². The molecule has 3 heteroatoms. The van der Waals surface area contributed by atoms with Gasteiger partial charge < -0.3 is 5.73 Å². The Labute approximate surface area is 58.6 Å². The summed E-state index contributed by atoms with van der Waals surface area (Å²) in [5.74, 6) is -2.89. The quantitative estimate of drug-likeness (QED) is 0.593. The van der Waals surface area contributed by atoms with Crippen molar-refractivity contribution >= 4 is 0 Å². The van der Waals surface area contributed by atoms with Crippen molar-refractivity contribution in [2.75, 3.05) is 6.54 Å². The van der Waals surface area contributed by atoms with E-state index in [9.17, 15) is 8.78 Å². The highest BCUT2D eigenvalue weighted by Gasteiger charge is 2.72. The van der Waals surface area contributed by atoms with Gasteiger partial charge in [0.25, 0.3) is 5.92 Å². The minimum absolute atomic E-state index is 0.111. The van der Waals surface area contributed by atoms with Gasteiger partial charge in [0.1, 0.15) is 0 Å². The number of halogens is 2. The van der Waals surface area contributed by atoms with Gasteiger partial charge in [0.2, 0.25) is 0 Å². The maximum Gasteiger partial charge on any atom is 0.254 e. The van der Waals surface area contributed by atoms with Gasteiger partial charge in [-0.2, -0.15) is 0 Å². The summed E-state index contributed by atoms with van der Waals surface area (Å²) in [6.45, 7) is 0.441. The molecule has 2 rings (SSSR count). The van der Waals surface area contributed by atoms with Crippen LogP contribution < -0.4 is 5.73 Å². The summed E-state index contributed by atoms with van der Waals surface area (Å²) in [6, 6.07) is 0. The first-order chi connectivity index (χ1) is 4.68. The van der Waals surface area contributed by atoms with Crippen LogP contribution >= 0.6 is 0 Å². The molecule has 0 spiro atoms. The van der Waals surface area contributed by atoms with Crippen LogP contribution in [-0.4, -0.2) is 12.5 Å². The predicted octanol–water partition coefficient (Wildman–Crippen LogP) is 1.24. The molecule has 0 aromatic rings. The van der Waals surface area contributed by atoms with E-state index in [0.717, 1.165) is 6.42 Å². The number of fused-ring (bicyclic) bond motifs is 1. The lowest BCUT2D eigenvalue weighted by Crippen LogP contribution is -2.18. The molecule has 3 unspecified atom stereocenters. The van der Waals surface area contributed by atoms with E-state index in [1.165, 1.54) is 0 Å². The zero-order chi connectivity index (χ0) is 7.35. The Morgan fingerprint density at radius 1 is 1.40 bits per heavy atom. The van der Waals surface area contributed by atoms with Gasteiger partial charge >= 0.3 is 0 Å². The molecule has 0 aromatic heterocycles. The third-order valence-electron chi connectivity index (χ3n) is 2.92. The molecular weight excluding hydrogens is 136 g/mol. The Balaban J connectivity index is 2.07. The molecule has 2 aliphatic carbocycles. The maximum atomic E-state index is 12.6. The number of hydrogen-bond acceptors (Lipinski definition) is 1. The van der Waals surface area contributed by atoms with Crippen LogP contribution in [0, 0.1) is 17.8 Å². The smallest absolute Gasteiger partial charge is 0.254 e. The van der Waals surface area contributed by atoms with E-state index in [1.54, 1.807) is 0 Å². The molecule has 58 valence electrons. The average molecular weight is 147 g/mol. The molecule has 1 nitrogen and oxygen atoms in total. The normalized spacial score (nSPS) is 48.9. The fourth-order valence-electron chi connectivity index (χ4n) is 2.27. The van der Waals surface area contributed by atoms with Gasteiger partial charge in [0.15, 0.2) is 0 Å². The highest BCUT2D eigenvalue weighted by molar-refractivity contribution is 5.12. The molecule has 0 heterocycles. The molecule has 2 aliphatic rings. The first-order valence-electron chi connectivity index (χ1n) is 3.75. The van der Waals surface area contributed by atoms with Gasteiger partial charge in [-0.1, -0.05) is 0 Å². The molecule has 2 saturated carbocycles. The molecule has 0 amide bonds. The molecule has 10 heavy (non-hydrogen) atoms. The van der Waals surface area contributed by atoms with E-state index in [1.807, 2.05) is 0 Å². The minimum Gasteiger partial charge on any atom is -0.330 e. The molecule has 0 radical (unpaired) electrons. The summed E-state index contributed by atoms with van der Waals surface area (Å²) >= 11 is 0. The zero-order valence-electron chi connectivity index (χ0n) is 5.69. The number of rotatable bonds is 1. The van der Waals surface area contributed by atoms with Crippen LogP contribution in [0.5, 0.6) is 0 Å². The summed E-state index contributed by atoms with van der Waals surface area (Å²) in [5.41, 5.74) is 5.34. The van der Waals surface area contributed by atoms with Crippen molar-refractivity contribution in [1.29, 1.82) is 0 Å². The number of nitrogens with two attached hydrogens (primary N) is 1. The van der Waals surface area contributed by atoms with Crippen molar-refractivity contribution in [2.45, 2.75) is 18.8 Å². The summed E-state index contributed by atoms with van der Waals surface area (Å²) in [7, 11) is 0. The number of hydrogen-bond donors (Lipinski definition) is 1. The van der Waals surface area contributed by atoms with Crippen LogP contribution in [-0.2, 0) is 0 Å². The minimum atomic E-state index is -2.34. The van der Waals surface area contributed by atoms with E-state index < -0.39 is 5.92 Å². The lowest BCUT2D eigenvalue weighted by Gasteiger charge is -2.09. The third kappa shape index (κ3) is 0.590. The van der Waals surface area contributed by atoms with E-state index in [4.69, 9.17) is 5.73 Å². The lowest BCUT2D eigenvalue weighted by atomic mass is 10.0. The summed E-state index contributed by atoms with van der Waals surface area (Å²) in [4.78, 5) is 0. The van der Waals surface area contributed by atoms with Gasteiger partial charge in [-0.25, -0.2) is 8.78 Å². The highest BCUT2D eigenvalue weighted by atomic mass is 19.3. The molecule has 2 fully saturated rings. The fraction of sp³-hybridized carbons (Fsp3) is 1.00. The molecule has 0 bridgehead atoms. The second kappa shape index (κ2) is 1.70. The fourth-order valence-corrected chi connectivity index (χ4v) is 2.27. The van der Waals surface area contributed by atoms with Gasteiger partial charge in [-0.15, -0.1) is 0 Å². The highest BCUT2D eigenvalue weighted by Crippen LogP contribution is 2.66. The first-order valence-corrected chi connectivity index (χ1v) is 3.75. The van der Waals surface area contributed by atoms with Crippen LogP contribution in [0.4, 0.5) is 8.78 Å². The monoisotopic (exact) mass is 147 g/mol. The number of alkyl halides is 2. The van der Waals surface area contributed by atoms with Crippen molar-refractivity contribution in [3.63, 3.8) is 0 Å². The van der Waals surface area contributed by atoms with Crippen LogP contribution in [0.2, 0.25) is 0 Å². The van der Waals surface area contributed by atoms with Gasteiger partial charge in [0, 0.05) is 11.8 Å². The van der Waals surface area contributed by atoms with Gasteiger partial charge in [-0.05, 0) is 25.3 Å². The van der Waals surface area contributed by atoms with Crippen molar-refractivity contribution < 1.29 is 8.78 Å². The van der Waals surface area contributed by atoms with Crippen molar-refractivity contribution in [3.8, 4) is 0 Å². The Morgan fingerprint density at radius 2 is 2.10 bits per heavy atom. The lowest BCUT2D eigenvalue weighted by molar-refractivity contribution is 0.0607. The average Bonchev–Trinajstić information content (AvgIpc) is 2.28. The van der Waals surface area contributed by atoms with E-state index in [-0.39, 0.29) is 17.8 Å². The van der Waals surface area contributed by atoms with Crippen LogP contribution in [0.3, 0.4) is 0 Å². The van der Waals surface area contributed by atoms with Crippen molar-refractivity contribution in [1.82, 2.24) is 0 Å². The topological polar surface area (TPSA) is 26.0 Å². The van der Waals surface area contributed by atoms with Gasteiger partial charge in [0.05, 0.1) is 0 Å². The summed E-state index contributed by atoms with van der Waals surface area (Å²) < 4.78 is 25.2. The predicted molar refractivity (Wildman–Crippen MR) is 33.7 cm³/mol. The zero-order valence-corrected chi connectivity index (χ0v) is 5.69.